The fourth-order valence-corrected chi connectivity index (χ4v) is 0.944. The summed E-state index contributed by atoms with van der Waals surface area (Å²) in [5.74, 6) is 0.114. The summed E-state index contributed by atoms with van der Waals surface area (Å²) in [6.07, 6.45) is 3.26. The Morgan fingerprint density at radius 1 is 1.60 bits per heavy atom. The van der Waals surface area contributed by atoms with Crippen molar-refractivity contribution >= 4 is 5.52 Å². The zero-order valence-electron chi connectivity index (χ0n) is 8.28. The van der Waals surface area contributed by atoms with E-state index in [-0.39, 0.29) is 5.82 Å². The van der Waals surface area contributed by atoms with Gasteiger partial charge in [-0.25, -0.2) is 4.98 Å². The van der Waals surface area contributed by atoms with Crippen LogP contribution in [0, 0.1) is 6.85 Å². The SMILES string of the molecule is [2H]C([2H])([2H])c1ncc2ccccn12. The van der Waals surface area contributed by atoms with Gasteiger partial charge in [0.1, 0.15) is 5.82 Å². The van der Waals surface area contributed by atoms with E-state index in [1.165, 1.54) is 0 Å². The molecule has 0 aromatic carbocycles. The van der Waals surface area contributed by atoms with Crippen molar-refractivity contribution in [2.45, 2.75) is 6.85 Å². The van der Waals surface area contributed by atoms with Crippen LogP contribution in [0.4, 0.5) is 0 Å². The van der Waals surface area contributed by atoms with E-state index in [0.29, 0.717) is 0 Å². The van der Waals surface area contributed by atoms with Crippen molar-refractivity contribution in [2.24, 2.45) is 0 Å². The van der Waals surface area contributed by atoms with Gasteiger partial charge < -0.3 is 4.40 Å². The Labute approximate surface area is 63.3 Å². The Kier molecular flexibility index (Phi) is 0.586. The van der Waals surface area contributed by atoms with Gasteiger partial charge in [-0.2, -0.15) is 0 Å². The Balaban J connectivity index is 2.72. The van der Waals surface area contributed by atoms with E-state index in [0.717, 1.165) is 5.52 Å². The third kappa shape index (κ3) is 0.620. The first-order valence-corrected chi connectivity index (χ1v) is 3.01. The normalized spacial score (nSPS) is 16.2. The number of hydrogen-bond donors (Lipinski definition) is 0. The molecule has 0 unspecified atom stereocenters. The van der Waals surface area contributed by atoms with Crippen LogP contribution in [0.1, 0.15) is 9.94 Å². The lowest BCUT2D eigenvalue weighted by atomic mass is 10.4. The van der Waals surface area contributed by atoms with Crippen LogP contribution in [-0.2, 0) is 0 Å². The molecule has 0 N–H and O–H groups in total. The van der Waals surface area contributed by atoms with Gasteiger partial charge in [-0.15, -0.1) is 0 Å². The lowest BCUT2D eigenvalue weighted by Gasteiger charge is -1.91. The predicted molar refractivity (Wildman–Crippen MR) is 39.9 cm³/mol. The number of nitrogens with zero attached hydrogens (tertiary/aromatic N) is 2. The average Bonchev–Trinajstić information content (AvgIpc) is 2.45. The fourth-order valence-electron chi connectivity index (χ4n) is 0.944. The summed E-state index contributed by atoms with van der Waals surface area (Å²) in [6, 6.07) is 5.45. The first kappa shape index (κ1) is 3.19. The lowest BCUT2D eigenvalue weighted by Crippen LogP contribution is -1.84. The largest absolute Gasteiger partial charge is 0.304 e. The minimum absolute atomic E-state index is 0.114. The van der Waals surface area contributed by atoms with E-state index in [1.807, 2.05) is 12.1 Å². The molecule has 2 heterocycles. The van der Waals surface area contributed by atoms with Crippen molar-refractivity contribution in [1.82, 2.24) is 9.38 Å². The summed E-state index contributed by atoms with van der Waals surface area (Å²) >= 11 is 0. The van der Waals surface area contributed by atoms with Crippen LogP contribution in [-0.4, -0.2) is 9.38 Å². The number of pyridine rings is 1. The summed E-state index contributed by atoms with van der Waals surface area (Å²) in [7, 11) is 0. The predicted octanol–water partition coefficient (Wildman–Crippen LogP) is 1.64. The number of aromatic nitrogens is 2. The quantitative estimate of drug-likeness (QED) is 0.536. The lowest BCUT2D eigenvalue weighted by molar-refractivity contribution is 1.04. The molecule has 0 saturated heterocycles. The van der Waals surface area contributed by atoms with E-state index in [1.54, 1.807) is 22.9 Å². The highest BCUT2D eigenvalue weighted by Crippen LogP contribution is 2.03. The molecule has 0 bridgehead atoms. The van der Waals surface area contributed by atoms with Crippen LogP contribution >= 0.6 is 0 Å². The second-order valence-electron chi connectivity index (χ2n) is 2.08. The Morgan fingerprint density at radius 2 is 2.60 bits per heavy atom. The summed E-state index contributed by atoms with van der Waals surface area (Å²) in [5.41, 5.74) is 0.800. The monoisotopic (exact) mass is 135 g/mol. The third-order valence-electron chi connectivity index (χ3n) is 1.44. The number of fused-ring (bicyclic) bond motifs is 1. The van der Waals surface area contributed by atoms with Crippen molar-refractivity contribution in [3.8, 4) is 0 Å². The molecular formula is C8H8N2. The van der Waals surface area contributed by atoms with E-state index in [2.05, 4.69) is 4.98 Å². The molecule has 0 aliphatic carbocycles. The Hall–Kier alpha value is -1.31. The number of aryl methyl sites for hydroxylation is 1. The summed E-state index contributed by atoms with van der Waals surface area (Å²) < 4.78 is 23.2. The molecule has 0 radical (unpaired) electrons. The maximum absolute atomic E-state index is 7.22. The first-order valence-electron chi connectivity index (χ1n) is 4.51. The Morgan fingerprint density at radius 3 is 3.50 bits per heavy atom. The minimum atomic E-state index is -2.15. The molecule has 0 atom stereocenters. The van der Waals surface area contributed by atoms with Crippen LogP contribution < -0.4 is 0 Å². The van der Waals surface area contributed by atoms with Gasteiger partial charge >= 0.3 is 0 Å². The van der Waals surface area contributed by atoms with Gasteiger partial charge in [0.05, 0.1) is 11.7 Å². The molecule has 0 fully saturated rings. The summed E-state index contributed by atoms with van der Waals surface area (Å²) in [6.45, 7) is -2.15. The average molecular weight is 135 g/mol. The molecule has 0 amide bonds. The highest BCUT2D eigenvalue weighted by atomic mass is 15.0. The Bertz CT molecular complexity index is 430. The molecule has 2 aromatic rings. The minimum Gasteiger partial charge on any atom is -0.304 e. The highest BCUT2D eigenvalue weighted by Gasteiger charge is 1.93. The zero-order valence-corrected chi connectivity index (χ0v) is 5.28. The van der Waals surface area contributed by atoms with Gasteiger partial charge in [0, 0.05) is 10.3 Å². The topological polar surface area (TPSA) is 17.3 Å². The third-order valence-corrected chi connectivity index (χ3v) is 1.44. The van der Waals surface area contributed by atoms with Gasteiger partial charge in [-0.05, 0) is 19.0 Å². The van der Waals surface area contributed by atoms with Crippen LogP contribution in [0.15, 0.2) is 30.6 Å². The smallest absolute Gasteiger partial charge is 0.110 e. The van der Waals surface area contributed by atoms with Gasteiger partial charge in [0.25, 0.3) is 0 Å². The van der Waals surface area contributed by atoms with Gasteiger partial charge in [0.2, 0.25) is 0 Å². The molecular weight excluding hydrogens is 124 g/mol. The maximum Gasteiger partial charge on any atom is 0.110 e. The van der Waals surface area contributed by atoms with Gasteiger partial charge in [-0.3, -0.25) is 0 Å². The van der Waals surface area contributed by atoms with Crippen molar-refractivity contribution in [1.29, 1.82) is 0 Å². The summed E-state index contributed by atoms with van der Waals surface area (Å²) in [4.78, 5) is 3.87. The second kappa shape index (κ2) is 1.84. The second-order valence-corrected chi connectivity index (χ2v) is 2.08. The molecule has 50 valence electrons. The van der Waals surface area contributed by atoms with Crippen molar-refractivity contribution in [3.63, 3.8) is 0 Å². The molecule has 10 heavy (non-hydrogen) atoms. The van der Waals surface area contributed by atoms with Gasteiger partial charge in [0.15, 0.2) is 0 Å². The molecule has 2 nitrogen and oxygen atoms in total. The van der Waals surface area contributed by atoms with Crippen LogP contribution in [0.25, 0.3) is 5.52 Å². The maximum atomic E-state index is 7.22. The first-order chi connectivity index (χ1) is 6.09. The van der Waals surface area contributed by atoms with E-state index in [4.69, 9.17) is 4.11 Å². The standard InChI is InChI=1S/C8H8N2/c1-7-9-6-8-4-2-3-5-10(7)8/h2-6H,1H3/i1D3. The molecule has 0 saturated carbocycles. The number of imidazole rings is 1. The molecule has 2 rings (SSSR count). The summed E-state index contributed by atoms with van der Waals surface area (Å²) in [5, 5.41) is 0. The van der Waals surface area contributed by atoms with Crippen LogP contribution in [0.3, 0.4) is 0 Å². The molecule has 0 aliphatic rings. The molecule has 2 aromatic heterocycles. The molecule has 0 spiro atoms. The molecule has 0 aliphatic heterocycles. The molecule has 2 heteroatoms. The highest BCUT2D eigenvalue weighted by molar-refractivity contribution is 5.45. The van der Waals surface area contributed by atoms with Crippen molar-refractivity contribution in [2.75, 3.05) is 0 Å². The number of hydrogen-bond acceptors (Lipinski definition) is 1. The van der Waals surface area contributed by atoms with Crippen molar-refractivity contribution < 1.29 is 4.11 Å². The number of rotatable bonds is 0. The van der Waals surface area contributed by atoms with Gasteiger partial charge in [-0.1, -0.05) is 6.07 Å². The van der Waals surface area contributed by atoms with Crippen molar-refractivity contribution in [3.05, 3.63) is 36.4 Å². The van der Waals surface area contributed by atoms with E-state index in [9.17, 15) is 0 Å². The van der Waals surface area contributed by atoms with Crippen LogP contribution in [0.2, 0.25) is 0 Å². The van der Waals surface area contributed by atoms with Crippen LogP contribution in [0.5, 0.6) is 0 Å². The van der Waals surface area contributed by atoms with E-state index < -0.39 is 6.85 Å². The van der Waals surface area contributed by atoms with E-state index >= 15 is 0 Å². The fraction of sp³-hybridized carbons (Fsp3) is 0.125. The zero-order chi connectivity index (χ0) is 9.47.